The predicted molar refractivity (Wildman–Crippen MR) is 56.9 cm³/mol. The van der Waals surface area contributed by atoms with E-state index in [0.29, 0.717) is 11.9 Å². The van der Waals surface area contributed by atoms with Crippen LogP contribution in [0, 0.1) is 0 Å². The Morgan fingerprint density at radius 3 is 2.94 bits per heavy atom. The van der Waals surface area contributed by atoms with Crippen LogP contribution in [0.4, 0.5) is 0 Å². The number of carbonyl (C=O) groups excluding carboxylic acids is 1. The first-order valence-corrected chi connectivity index (χ1v) is 5.56. The third-order valence-corrected chi connectivity index (χ3v) is 2.61. The van der Waals surface area contributed by atoms with Crippen LogP contribution in [-0.4, -0.2) is 29.1 Å². The van der Waals surface area contributed by atoms with Crippen LogP contribution >= 0.6 is 0 Å². The summed E-state index contributed by atoms with van der Waals surface area (Å²) in [4.78, 5) is 15.7. The molecule has 1 heterocycles. The zero-order valence-electron chi connectivity index (χ0n) is 9.49. The minimum Gasteiger partial charge on any atom is -0.346 e. The Hall–Kier alpha value is -1.43. The Morgan fingerprint density at radius 2 is 2.38 bits per heavy atom. The number of nitrogens with one attached hydrogen (secondary N) is 2. The summed E-state index contributed by atoms with van der Waals surface area (Å²) in [6, 6.07) is 0.315. The summed E-state index contributed by atoms with van der Waals surface area (Å²) in [5, 5.41) is 9.54. The summed E-state index contributed by atoms with van der Waals surface area (Å²) in [5.41, 5.74) is 0. The number of rotatable bonds is 5. The van der Waals surface area contributed by atoms with Gasteiger partial charge in [0.1, 0.15) is 0 Å². The molecule has 0 aromatic carbocycles. The maximum absolute atomic E-state index is 11.6. The summed E-state index contributed by atoms with van der Waals surface area (Å²) >= 11 is 0. The molecule has 1 saturated carbocycles. The molecule has 2 rings (SSSR count). The van der Waals surface area contributed by atoms with Crippen molar-refractivity contribution in [2.24, 2.45) is 0 Å². The van der Waals surface area contributed by atoms with Crippen LogP contribution < -0.4 is 10.6 Å². The van der Waals surface area contributed by atoms with Gasteiger partial charge in [0.15, 0.2) is 0 Å². The molecule has 16 heavy (non-hydrogen) atoms. The average molecular weight is 224 g/mol. The van der Waals surface area contributed by atoms with Crippen LogP contribution in [0.5, 0.6) is 0 Å². The maximum atomic E-state index is 11.6. The topological polar surface area (TPSA) is 80.0 Å². The predicted octanol–water partition coefficient (Wildman–Crippen LogP) is 0.632. The Morgan fingerprint density at radius 1 is 1.62 bits per heavy atom. The lowest BCUT2D eigenvalue weighted by Gasteiger charge is -2.06. The summed E-state index contributed by atoms with van der Waals surface area (Å²) in [6.45, 7) is 2.01. The van der Waals surface area contributed by atoms with E-state index in [2.05, 4.69) is 20.8 Å². The van der Waals surface area contributed by atoms with Crippen molar-refractivity contribution in [3.63, 3.8) is 0 Å². The number of hydrogen-bond acceptors (Lipinski definition) is 5. The van der Waals surface area contributed by atoms with Gasteiger partial charge in [0.2, 0.25) is 5.89 Å². The lowest BCUT2D eigenvalue weighted by atomic mass is 10.2. The van der Waals surface area contributed by atoms with E-state index in [9.17, 15) is 4.79 Å². The van der Waals surface area contributed by atoms with E-state index in [1.165, 1.54) is 0 Å². The van der Waals surface area contributed by atoms with Gasteiger partial charge in [-0.05, 0) is 26.3 Å². The maximum Gasteiger partial charge on any atom is 0.292 e. The third kappa shape index (κ3) is 2.38. The highest BCUT2D eigenvalue weighted by molar-refractivity contribution is 5.90. The monoisotopic (exact) mass is 224 g/mol. The van der Waals surface area contributed by atoms with Gasteiger partial charge in [-0.15, -0.1) is 0 Å². The fourth-order valence-electron chi connectivity index (χ4n) is 1.45. The van der Waals surface area contributed by atoms with E-state index in [-0.39, 0.29) is 17.8 Å². The van der Waals surface area contributed by atoms with E-state index in [0.717, 1.165) is 19.3 Å². The lowest BCUT2D eigenvalue weighted by Crippen LogP contribution is -2.26. The zero-order valence-corrected chi connectivity index (χ0v) is 9.49. The summed E-state index contributed by atoms with van der Waals surface area (Å²) in [6.07, 6.45) is 2.93. The zero-order chi connectivity index (χ0) is 11.5. The average Bonchev–Trinajstić information content (AvgIpc) is 2.96. The second-order valence-electron chi connectivity index (χ2n) is 3.95. The first kappa shape index (κ1) is 11.1. The standard InChI is InChI=1S/C10H16N4O2/c1-3-7(11-2)10-13-8(14-16-10)9(15)12-6-4-5-6/h6-7,11H,3-5H2,1-2H3,(H,12,15). The van der Waals surface area contributed by atoms with Crippen LogP contribution in [0.1, 0.15) is 48.7 Å². The fraction of sp³-hybridized carbons (Fsp3) is 0.700. The highest BCUT2D eigenvalue weighted by atomic mass is 16.5. The van der Waals surface area contributed by atoms with Crippen LogP contribution in [0.2, 0.25) is 0 Å². The SMILES string of the molecule is CCC(NC)c1nc(C(=O)NC2CC2)no1. The molecule has 0 spiro atoms. The van der Waals surface area contributed by atoms with E-state index in [4.69, 9.17) is 4.52 Å². The van der Waals surface area contributed by atoms with Crippen molar-refractivity contribution in [3.05, 3.63) is 11.7 Å². The molecule has 0 saturated heterocycles. The van der Waals surface area contributed by atoms with Crippen molar-refractivity contribution in [1.29, 1.82) is 0 Å². The van der Waals surface area contributed by atoms with E-state index >= 15 is 0 Å². The largest absolute Gasteiger partial charge is 0.346 e. The number of nitrogens with zero attached hydrogens (tertiary/aromatic N) is 2. The van der Waals surface area contributed by atoms with Crippen LogP contribution in [0.3, 0.4) is 0 Å². The van der Waals surface area contributed by atoms with Gasteiger partial charge in [-0.1, -0.05) is 12.1 Å². The third-order valence-electron chi connectivity index (χ3n) is 2.61. The van der Waals surface area contributed by atoms with Gasteiger partial charge in [0.25, 0.3) is 11.7 Å². The van der Waals surface area contributed by atoms with Gasteiger partial charge in [-0.3, -0.25) is 4.79 Å². The van der Waals surface area contributed by atoms with Crippen molar-refractivity contribution >= 4 is 5.91 Å². The number of aromatic nitrogens is 2. The molecule has 1 aromatic rings. The molecule has 2 N–H and O–H groups in total. The molecule has 1 amide bonds. The van der Waals surface area contributed by atoms with Crippen LogP contribution in [0.25, 0.3) is 0 Å². The van der Waals surface area contributed by atoms with Gasteiger partial charge in [0, 0.05) is 6.04 Å². The number of hydrogen-bond donors (Lipinski definition) is 2. The highest BCUT2D eigenvalue weighted by Crippen LogP contribution is 2.19. The molecular formula is C10H16N4O2. The summed E-state index contributed by atoms with van der Waals surface area (Å²) in [5.74, 6) is 0.338. The molecule has 1 atom stereocenters. The molecule has 1 aliphatic rings. The van der Waals surface area contributed by atoms with Gasteiger partial charge in [-0.25, -0.2) is 0 Å². The molecule has 0 radical (unpaired) electrons. The second-order valence-corrected chi connectivity index (χ2v) is 3.95. The minimum atomic E-state index is -0.247. The van der Waals surface area contributed by atoms with Crippen molar-refractivity contribution in [2.75, 3.05) is 7.05 Å². The minimum absolute atomic E-state index is 0.00924. The van der Waals surface area contributed by atoms with Crippen molar-refractivity contribution in [1.82, 2.24) is 20.8 Å². The van der Waals surface area contributed by atoms with Gasteiger partial charge in [-0.2, -0.15) is 4.98 Å². The van der Waals surface area contributed by atoms with Gasteiger partial charge < -0.3 is 15.2 Å². The molecule has 1 fully saturated rings. The Bertz CT molecular complexity index is 369. The quantitative estimate of drug-likeness (QED) is 0.767. The Labute approximate surface area is 93.8 Å². The molecule has 1 aliphatic carbocycles. The molecular weight excluding hydrogens is 208 g/mol. The van der Waals surface area contributed by atoms with E-state index in [1.54, 1.807) is 0 Å². The molecule has 88 valence electrons. The summed E-state index contributed by atoms with van der Waals surface area (Å²) in [7, 11) is 1.82. The van der Waals surface area contributed by atoms with Gasteiger partial charge in [0.05, 0.1) is 6.04 Å². The van der Waals surface area contributed by atoms with Gasteiger partial charge >= 0.3 is 0 Å². The Kier molecular flexibility index (Phi) is 3.19. The fourth-order valence-corrected chi connectivity index (χ4v) is 1.45. The van der Waals surface area contributed by atoms with Crippen LogP contribution in [-0.2, 0) is 0 Å². The van der Waals surface area contributed by atoms with E-state index in [1.807, 2.05) is 14.0 Å². The van der Waals surface area contributed by atoms with Crippen LogP contribution in [0.15, 0.2) is 4.52 Å². The molecule has 6 heteroatoms. The number of carbonyl (C=O) groups is 1. The summed E-state index contributed by atoms with van der Waals surface area (Å²) < 4.78 is 5.05. The molecule has 0 bridgehead atoms. The van der Waals surface area contributed by atoms with Crippen molar-refractivity contribution in [3.8, 4) is 0 Å². The first-order valence-electron chi connectivity index (χ1n) is 5.56. The smallest absolute Gasteiger partial charge is 0.292 e. The molecule has 0 aliphatic heterocycles. The number of amides is 1. The van der Waals surface area contributed by atoms with E-state index < -0.39 is 0 Å². The lowest BCUT2D eigenvalue weighted by molar-refractivity contribution is 0.0937. The second kappa shape index (κ2) is 4.61. The first-order chi connectivity index (χ1) is 7.74. The molecule has 1 aromatic heterocycles. The van der Waals surface area contributed by atoms with Crippen molar-refractivity contribution in [2.45, 2.75) is 38.3 Å². The molecule has 6 nitrogen and oxygen atoms in total. The van der Waals surface area contributed by atoms with Crippen molar-refractivity contribution < 1.29 is 9.32 Å². The highest BCUT2D eigenvalue weighted by Gasteiger charge is 2.26. The normalized spacial score (nSPS) is 17.1. The Balaban J connectivity index is 2.02. The molecule has 1 unspecified atom stereocenters.